The Hall–Kier alpha value is -2.03. The van der Waals surface area contributed by atoms with E-state index in [0.29, 0.717) is 32.3 Å². The third-order valence-corrected chi connectivity index (χ3v) is 6.67. The van der Waals surface area contributed by atoms with E-state index < -0.39 is 0 Å². The van der Waals surface area contributed by atoms with Gasteiger partial charge in [-0.05, 0) is 53.9 Å². The van der Waals surface area contributed by atoms with Gasteiger partial charge in [0.2, 0.25) is 5.91 Å². The highest BCUT2D eigenvalue weighted by molar-refractivity contribution is 7.99. The van der Waals surface area contributed by atoms with E-state index in [0.717, 1.165) is 11.5 Å². The second-order valence-corrected chi connectivity index (χ2v) is 9.75. The third kappa shape index (κ3) is 5.81. The van der Waals surface area contributed by atoms with Crippen molar-refractivity contribution in [3.05, 3.63) is 85.7 Å². The molecule has 0 bridgehead atoms. The molecular weight excluding hydrogens is 495 g/mol. The maximum Gasteiger partial charge on any atom is 0.234 e. The van der Waals surface area contributed by atoms with Crippen molar-refractivity contribution >= 4 is 69.5 Å². The first-order valence-electron chi connectivity index (χ1n) is 9.09. The normalized spacial score (nSPS) is 10.9. The van der Waals surface area contributed by atoms with Gasteiger partial charge in [-0.1, -0.05) is 52.6 Å². The number of carbonyl (C=O) groups excluding carboxylic acids is 1. The number of nitrogens with one attached hydrogen (secondary N) is 1. The minimum Gasteiger partial charge on any atom is -0.325 e. The van der Waals surface area contributed by atoms with Crippen LogP contribution >= 0.6 is 57.9 Å². The molecule has 2 aromatic heterocycles. The number of hydrogen-bond acceptors (Lipinski definition) is 5. The number of benzene rings is 2. The van der Waals surface area contributed by atoms with Gasteiger partial charge in [0.05, 0.1) is 5.75 Å². The minimum absolute atomic E-state index is 0.148. The molecule has 1 N–H and O–H groups in total. The number of carbonyl (C=O) groups is 1. The smallest absolute Gasteiger partial charge is 0.234 e. The van der Waals surface area contributed by atoms with Crippen LogP contribution < -0.4 is 5.32 Å². The lowest BCUT2D eigenvalue weighted by Gasteiger charge is -2.10. The molecule has 5 nitrogen and oxygen atoms in total. The second kappa shape index (κ2) is 10.1. The van der Waals surface area contributed by atoms with Crippen LogP contribution in [-0.4, -0.2) is 26.4 Å². The molecule has 31 heavy (non-hydrogen) atoms. The van der Waals surface area contributed by atoms with Crippen LogP contribution in [0.15, 0.2) is 65.1 Å². The lowest BCUT2D eigenvalue weighted by atomic mass is 10.3. The van der Waals surface area contributed by atoms with Crippen molar-refractivity contribution < 1.29 is 4.79 Å². The Kier molecular flexibility index (Phi) is 7.20. The summed E-state index contributed by atoms with van der Waals surface area (Å²) < 4.78 is 1.95. The van der Waals surface area contributed by atoms with E-state index in [1.165, 1.54) is 16.6 Å². The predicted molar refractivity (Wildman–Crippen MR) is 129 cm³/mol. The molecule has 0 aliphatic carbocycles. The second-order valence-electron chi connectivity index (χ2n) is 6.46. The van der Waals surface area contributed by atoms with Gasteiger partial charge in [0, 0.05) is 37.7 Å². The summed E-state index contributed by atoms with van der Waals surface area (Å²) in [7, 11) is 0. The van der Waals surface area contributed by atoms with Crippen LogP contribution in [0.25, 0.3) is 5.69 Å². The average Bonchev–Trinajstić information content (AvgIpc) is 3.37. The molecule has 0 radical (unpaired) electrons. The van der Waals surface area contributed by atoms with Crippen LogP contribution in [0.3, 0.4) is 0 Å². The summed E-state index contributed by atoms with van der Waals surface area (Å²) in [5, 5.41) is 15.7. The molecule has 2 heterocycles. The standard InChI is InChI=1S/C21H15Cl3N4OS2/c22-13-3-5-17(6-4-13)28-19(11-18-2-1-7-30-18)26-27-21(28)31-12-20(29)25-16-9-14(23)8-15(24)10-16/h1-10H,11-12H2,(H,25,29). The van der Waals surface area contributed by atoms with Gasteiger partial charge >= 0.3 is 0 Å². The van der Waals surface area contributed by atoms with E-state index in [9.17, 15) is 4.79 Å². The number of nitrogens with zero attached hydrogens (tertiary/aromatic N) is 3. The summed E-state index contributed by atoms with van der Waals surface area (Å²) in [6, 6.07) is 16.4. The molecule has 0 aliphatic rings. The lowest BCUT2D eigenvalue weighted by Crippen LogP contribution is -2.14. The average molecular weight is 510 g/mol. The highest BCUT2D eigenvalue weighted by Gasteiger charge is 2.17. The van der Waals surface area contributed by atoms with Crippen molar-refractivity contribution in [2.24, 2.45) is 0 Å². The van der Waals surface area contributed by atoms with Crippen molar-refractivity contribution in [3.63, 3.8) is 0 Å². The van der Waals surface area contributed by atoms with Gasteiger partial charge in [-0.3, -0.25) is 9.36 Å². The molecule has 0 fully saturated rings. The number of halogens is 3. The molecule has 2 aromatic carbocycles. The molecule has 0 atom stereocenters. The number of amides is 1. The maximum absolute atomic E-state index is 12.5. The maximum atomic E-state index is 12.5. The number of aromatic nitrogens is 3. The van der Waals surface area contributed by atoms with Gasteiger partial charge < -0.3 is 5.32 Å². The van der Waals surface area contributed by atoms with Crippen molar-refractivity contribution in [1.29, 1.82) is 0 Å². The Balaban J connectivity index is 1.53. The van der Waals surface area contributed by atoms with Crippen LogP contribution in [0.1, 0.15) is 10.7 Å². The summed E-state index contributed by atoms with van der Waals surface area (Å²) in [6.45, 7) is 0. The summed E-state index contributed by atoms with van der Waals surface area (Å²) in [6.07, 6.45) is 0.640. The summed E-state index contributed by atoms with van der Waals surface area (Å²) in [4.78, 5) is 13.6. The van der Waals surface area contributed by atoms with E-state index >= 15 is 0 Å². The van der Waals surface area contributed by atoms with Crippen LogP contribution in [0.5, 0.6) is 0 Å². The Bertz CT molecular complexity index is 1170. The van der Waals surface area contributed by atoms with E-state index in [-0.39, 0.29) is 11.7 Å². The zero-order valence-corrected chi connectivity index (χ0v) is 19.8. The van der Waals surface area contributed by atoms with Crippen molar-refractivity contribution in [2.45, 2.75) is 11.6 Å². The SMILES string of the molecule is O=C(CSc1nnc(Cc2cccs2)n1-c1ccc(Cl)cc1)Nc1cc(Cl)cc(Cl)c1. The van der Waals surface area contributed by atoms with E-state index in [1.54, 1.807) is 29.5 Å². The molecule has 0 saturated heterocycles. The largest absolute Gasteiger partial charge is 0.325 e. The topological polar surface area (TPSA) is 59.8 Å². The zero-order valence-electron chi connectivity index (χ0n) is 15.9. The Labute approximate surface area is 202 Å². The molecule has 1 amide bonds. The van der Waals surface area contributed by atoms with Gasteiger partial charge in [0.25, 0.3) is 0 Å². The van der Waals surface area contributed by atoms with Crippen molar-refractivity contribution in [1.82, 2.24) is 14.8 Å². The number of rotatable bonds is 7. The molecule has 0 unspecified atom stereocenters. The van der Waals surface area contributed by atoms with E-state index in [1.807, 2.05) is 40.3 Å². The lowest BCUT2D eigenvalue weighted by molar-refractivity contribution is -0.113. The van der Waals surface area contributed by atoms with Crippen LogP contribution in [-0.2, 0) is 11.2 Å². The van der Waals surface area contributed by atoms with Gasteiger partial charge in [-0.2, -0.15) is 0 Å². The molecule has 4 rings (SSSR count). The van der Waals surface area contributed by atoms with Crippen LogP contribution in [0.2, 0.25) is 15.1 Å². The highest BCUT2D eigenvalue weighted by Crippen LogP contribution is 2.26. The minimum atomic E-state index is -0.200. The number of hydrogen-bond donors (Lipinski definition) is 1. The fraction of sp³-hybridized carbons (Fsp3) is 0.0952. The first-order valence-corrected chi connectivity index (χ1v) is 12.1. The Morgan fingerprint density at radius 3 is 2.42 bits per heavy atom. The molecular formula is C21H15Cl3N4OS2. The first kappa shape index (κ1) is 22.2. The van der Waals surface area contributed by atoms with E-state index in [4.69, 9.17) is 34.8 Å². The van der Waals surface area contributed by atoms with Gasteiger partial charge in [-0.15, -0.1) is 21.5 Å². The molecule has 10 heteroatoms. The quantitative estimate of drug-likeness (QED) is 0.285. The van der Waals surface area contributed by atoms with Gasteiger partial charge in [-0.25, -0.2) is 0 Å². The molecule has 4 aromatic rings. The highest BCUT2D eigenvalue weighted by atomic mass is 35.5. The number of thioether (sulfide) groups is 1. The monoisotopic (exact) mass is 508 g/mol. The fourth-order valence-corrected chi connectivity index (χ4v) is 5.00. The third-order valence-electron chi connectivity index (χ3n) is 4.18. The molecule has 0 aliphatic heterocycles. The molecule has 0 saturated carbocycles. The predicted octanol–water partition coefficient (Wildman–Crippen LogP) is 6.61. The fourth-order valence-electron chi connectivity index (χ4n) is 2.88. The molecule has 158 valence electrons. The van der Waals surface area contributed by atoms with E-state index in [2.05, 4.69) is 21.6 Å². The van der Waals surface area contributed by atoms with Gasteiger partial charge in [0.1, 0.15) is 5.82 Å². The number of thiophene rings is 1. The summed E-state index contributed by atoms with van der Waals surface area (Å²) >= 11 is 21.0. The van der Waals surface area contributed by atoms with Crippen LogP contribution in [0, 0.1) is 0 Å². The van der Waals surface area contributed by atoms with Crippen molar-refractivity contribution in [2.75, 3.05) is 11.1 Å². The first-order chi connectivity index (χ1) is 15.0. The Morgan fingerprint density at radius 1 is 1.00 bits per heavy atom. The summed E-state index contributed by atoms with van der Waals surface area (Å²) in [5.41, 5.74) is 1.42. The van der Waals surface area contributed by atoms with Gasteiger partial charge in [0.15, 0.2) is 5.16 Å². The zero-order chi connectivity index (χ0) is 21.8. The van der Waals surface area contributed by atoms with Crippen molar-refractivity contribution in [3.8, 4) is 5.69 Å². The number of anilines is 1. The Morgan fingerprint density at radius 2 is 1.74 bits per heavy atom. The summed E-state index contributed by atoms with van der Waals surface area (Å²) in [5.74, 6) is 0.734. The van der Waals surface area contributed by atoms with Crippen LogP contribution in [0.4, 0.5) is 5.69 Å². The molecule has 0 spiro atoms.